The molecule has 2 bridgehead atoms. The number of fused-ring (bicyclic) bond motifs is 2. The van der Waals surface area contributed by atoms with Crippen LogP contribution in [0.1, 0.15) is 72.3 Å². The molecule has 13 heteroatoms. The van der Waals surface area contributed by atoms with Gasteiger partial charge in [0.05, 0.1) is 18.1 Å². The normalized spacial score (nSPS) is 30.2. The summed E-state index contributed by atoms with van der Waals surface area (Å²) in [5.74, 6) is -5.02. The van der Waals surface area contributed by atoms with E-state index in [1.54, 1.807) is 45.9 Å². The zero-order valence-electron chi connectivity index (χ0n) is 30.7. The number of allylic oxidation sites excluding steroid dienone is 3. The van der Waals surface area contributed by atoms with Crippen LogP contribution in [0.4, 0.5) is 0 Å². The molecule has 1 aromatic carbocycles. The second-order valence-electron chi connectivity index (χ2n) is 14.0. The van der Waals surface area contributed by atoms with E-state index < -0.39 is 77.9 Å². The molecular formula is C39H54N4O9. The Morgan fingerprint density at radius 2 is 1.75 bits per heavy atom. The highest BCUT2D eigenvalue weighted by Gasteiger charge is 2.38. The minimum Gasteiger partial charge on any atom is -0.456 e. The van der Waals surface area contributed by atoms with Gasteiger partial charge in [-0.1, -0.05) is 75.4 Å². The van der Waals surface area contributed by atoms with Gasteiger partial charge < -0.3 is 30.4 Å². The van der Waals surface area contributed by atoms with Gasteiger partial charge in [-0.3, -0.25) is 29.0 Å². The number of esters is 1. The Bertz CT molecular complexity index is 1490. The molecule has 0 aliphatic carbocycles. The molecule has 1 aromatic rings. The van der Waals surface area contributed by atoms with E-state index >= 15 is 0 Å². The van der Waals surface area contributed by atoms with E-state index in [0.29, 0.717) is 24.7 Å². The quantitative estimate of drug-likeness (QED) is 0.151. The van der Waals surface area contributed by atoms with Crippen molar-refractivity contribution < 1.29 is 43.7 Å². The van der Waals surface area contributed by atoms with Crippen LogP contribution < -0.4 is 16.1 Å². The number of cyclic esters (lactones) is 1. The highest BCUT2D eigenvalue weighted by Crippen LogP contribution is 2.24. The predicted molar refractivity (Wildman–Crippen MR) is 194 cm³/mol. The van der Waals surface area contributed by atoms with Crippen LogP contribution in [0.5, 0.6) is 0 Å². The molecule has 2 heterocycles. The van der Waals surface area contributed by atoms with Gasteiger partial charge in [0.15, 0.2) is 0 Å². The number of amides is 3. The number of aldehydes is 1. The number of hydrogen-bond acceptors (Lipinski definition) is 10. The van der Waals surface area contributed by atoms with E-state index in [1.165, 1.54) is 24.1 Å². The van der Waals surface area contributed by atoms with Crippen LogP contribution in [0.15, 0.2) is 66.3 Å². The standard InChI is InChI=1S/C39H54N4O9/c1-24(2)34-37(49)40-31(23-28-13-8-6-9-14-28)38(50)43-21-12-15-30(42-43)39(51)52-33(25(3)20-22-44)17-11-7-10-16-32(46)27(5)35(47)29(36(48)41-34)19-18-26(4)45/h6-11,13-14,16,20,22,24,27,29-35,42,46-47H,12,15,17-19,21,23H2,1-5H3,(H,40,49)(H,41,48)/b11-7+,16-10+,25-20+/t27?,29?,30?,31?,32-,33-,34?,35?/m0/s1. The Labute approximate surface area is 305 Å². The maximum Gasteiger partial charge on any atom is 0.325 e. The third kappa shape index (κ3) is 12.3. The summed E-state index contributed by atoms with van der Waals surface area (Å²) in [4.78, 5) is 78.5. The van der Waals surface area contributed by atoms with E-state index in [-0.39, 0.29) is 38.0 Å². The van der Waals surface area contributed by atoms with Gasteiger partial charge in [0.1, 0.15) is 36.3 Å². The van der Waals surface area contributed by atoms with Crippen molar-refractivity contribution in [2.45, 2.75) is 110 Å². The number of nitrogens with one attached hydrogen (secondary N) is 3. The molecule has 3 amide bonds. The Hall–Kier alpha value is -4.46. The molecule has 8 atom stereocenters. The van der Waals surface area contributed by atoms with Crippen molar-refractivity contribution in [1.82, 2.24) is 21.1 Å². The highest BCUT2D eigenvalue weighted by molar-refractivity contribution is 5.93. The van der Waals surface area contributed by atoms with Crippen LogP contribution in [0.25, 0.3) is 0 Å². The number of aliphatic hydroxyl groups is 2. The van der Waals surface area contributed by atoms with Gasteiger partial charge >= 0.3 is 5.97 Å². The van der Waals surface area contributed by atoms with E-state index in [9.17, 15) is 39.0 Å². The van der Waals surface area contributed by atoms with Gasteiger partial charge in [-0.05, 0) is 56.2 Å². The van der Waals surface area contributed by atoms with Gasteiger partial charge in [-0.25, -0.2) is 5.43 Å². The van der Waals surface area contributed by atoms with Crippen molar-refractivity contribution in [3.8, 4) is 0 Å². The molecule has 3 rings (SSSR count). The van der Waals surface area contributed by atoms with Crippen LogP contribution in [0, 0.1) is 17.8 Å². The third-order valence-electron chi connectivity index (χ3n) is 9.52. The van der Waals surface area contributed by atoms with Crippen LogP contribution in [-0.4, -0.2) is 94.0 Å². The molecule has 1 saturated heterocycles. The Morgan fingerprint density at radius 1 is 1.04 bits per heavy atom. The fraction of sp³-hybridized carbons (Fsp3) is 0.538. The van der Waals surface area contributed by atoms with Crippen molar-refractivity contribution in [3.63, 3.8) is 0 Å². The number of benzene rings is 1. The summed E-state index contributed by atoms with van der Waals surface area (Å²) in [5, 5.41) is 29.2. The lowest BCUT2D eigenvalue weighted by molar-refractivity contribution is -0.156. The second kappa shape index (κ2) is 20.5. The van der Waals surface area contributed by atoms with Crippen molar-refractivity contribution in [2.24, 2.45) is 17.8 Å². The monoisotopic (exact) mass is 722 g/mol. The second-order valence-corrected chi connectivity index (χ2v) is 14.0. The predicted octanol–water partition coefficient (Wildman–Crippen LogP) is 2.27. The average molecular weight is 723 g/mol. The molecule has 0 radical (unpaired) electrons. The van der Waals surface area contributed by atoms with Crippen molar-refractivity contribution >= 4 is 35.8 Å². The molecule has 13 nitrogen and oxygen atoms in total. The molecule has 0 saturated carbocycles. The number of carbonyl (C=O) groups excluding carboxylic acids is 6. The number of Topliss-reactive ketones (excluding diaryl/α,β-unsaturated/α-hetero) is 1. The van der Waals surface area contributed by atoms with Gasteiger partial charge in [0.25, 0.3) is 5.91 Å². The van der Waals surface area contributed by atoms with Crippen molar-refractivity contribution in [3.05, 3.63) is 71.8 Å². The smallest absolute Gasteiger partial charge is 0.325 e. The molecular weight excluding hydrogens is 668 g/mol. The first-order valence-corrected chi connectivity index (χ1v) is 18.0. The first-order valence-electron chi connectivity index (χ1n) is 18.0. The number of aliphatic hydroxyl groups excluding tert-OH is 2. The molecule has 2 aliphatic heterocycles. The molecule has 0 spiro atoms. The largest absolute Gasteiger partial charge is 0.456 e. The average Bonchev–Trinajstić information content (AvgIpc) is 3.11. The lowest BCUT2D eigenvalue weighted by Gasteiger charge is -2.36. The van der Waals surface area contributed by atoms with Gasteiger partial charge in [-0.2, -0.15) is 0 Å². The fourth-order valence-electron chi connectivity index (χ4n) is 6.19. The van der Waals surface area contributed by atoms with E-state index in [4.69, 9.17) is 4.74 Å². The summed E-state index contributed by atoms with van der Waals surface area (Å²) in [6.07, 6.45) is 6.02. The Morgan fingerprint density at radius 3 is 2.40 bits per heavy atom. The van der Waals surface area contributed by atoms with Crippen LogP contribution in [0.3, 0.4) is 0 Å². The van der Waals surface area contributed by atoms with E-state index in [1.807, 2.05) is 30.3 Å². The van der Waals surface area contributed by atoms with Gasteiger partial charge in [0.2, 0.25) is 11.8 Å². The fourth-order valence-corrected chi connectivity index (χ4v) is 6.19. The summed E-state index contributed by atoms with van der Waals surface area (Å²) in [6.45, 7) is 8.34. The minimum absolute atomic E-state index is 0.00370. The lowest BCUT2D eigenvalue weighted by atomic mass is 9.84. The number of hydrogen-bond donors (Lipinski definition) is 5. The topological polar surface area (TPSA) is 191 Å². The summed E-state index contributed by atoms with van der Waals surface area (Å²) < 4.78 is 5.83. The van der Waals surface area contributed by atoms with E-state index in [0.717, 1.165) is 5.56 Å². The highest BCUT2D eigenvalue weighted by atomic mass is 16.5. The molecule has 0 aromatic heterocycles. The SMILES string of the molecule is CC(=O)CCC1C(=O)NC(C(C)C)C(=O)NC(Cc2ccccc2)C(=O)N2CCCC(N2)C(=O)O[C@H](/C(C)=C/C=O)C/C=C/C=C/[C@H](O)C(C)C1O. The van der Waals surface area contributed by atoms with Crippen molar-refractivity contribution in [2.75, 3.05) is 6.54 Å². The van der Waals surface area contributed by atoms with Gasteiger partial charge in [-0.15, -0.1) is 0 Å². The third-order valence-corrected chi connectivity index (χ3v) is 9.52. The Balaban J connectivity index is 2.05. The van der Waals surface area contributed by atoms with Crippen molar-refractivity contribution in [1.29, 1.82) is 0 Å². The zero-order valence-corrected chi connectivity index (χ0v) is 30.7. The van der Waals surface area contributed by atoms with Gasteiger partial charge in [0, 0.05) is 31.7 Å². The maximum atomic E-state index is 14.1. The number of ether oxygens (including phenoxy) is 1. The number of nitrogens with zero attached hydrogens (tertiary/aromatic N) is 1. The molecule has 1 fully saturated rings. The summed E-state index contributed by atoms with van der Waals surface area (Å²) in [6, 6.07) is 6.01. The lowest BCUT2D eigenvalue weighted by Crippen LogP contribution is -2.62. The van der Waals surface area contributed by atoms with Crippen LogP contribution in [-0.2, 0) is 39.9 Å². The number of carbonyl (C=O) groups is 6. The number of ketones is 1. The maximum absolute atomic E-state index is 14.1. The first-order chi connectivity index (χ1) is 24.7. The number of rotatable bonds is 8. The molecule has 6 unspecified atom stereocenters. The van der Waals surface area contributed by atoms with Crippen LogP contribution >= 0.6 is 0 Å². The summed E-state index contributed by atoms with van der Waals surface area (Å²) in [5.41, 5.74) is 4.26. The zero-order chi connectivity index (χ0) is 38.4. The molecule has 52 heavy (non-hydrogen) atoms. The first kappa shape index (κ1) is 42.0. The number of hydrazine groups is 1. The molecule has 284 valence electrons. The summed E-state index contributed by atoms with van der Waals surface area (Å²) in [7, 11) is 0. The minimum atomic E-state index is -1.39. The molecule has 5 N–H and O–H groups in total. The van der Waals surface area contributed by atoms with Crippen LogP contribution in [0.2, 0.25) is 0 Å². The van der Waals surface area contributed by atoms with E-state index in [2.05, 4.69) is 16.1 Å². The molecule has 2 aliphatic rings. The summed E-state index contributed by atoms with van der Waals surface area (Å²) >= 11 is 0. The Kier molecular flexibility index (Phi) is 16.6.